The standard InChI is InChI=1S/C36H55NO13/c1-3-4-14-26-15-10-8-6-5-7-9-11-16-27(50-36-34(45)32(37)33(44)22(2)48-36)21-29(42)31(35(46)47)28(41)20-25(40)19-24(39)18-23(38)13-12-17-30(43)49-26/h5-12,16-17,22-24,26-29,31-34,36,38-39,41-42,44-45H,3-4,13-15,18-21,37H2,1-2H3,(H,46,47)/b6-5+,9-7+,10-8+,16-11+,17-12+/t22-,23?,24?,26?,27?,28?,29?,31?,32+,33-,34+,36+/m1/s1. The Balaban J connectivity index is 2.32. The summed E-state index contributed by atoms with van der Waals surface area (Å²) in [5, 5.41) is 73.0. The van der Waals surface area contributed by atoms with E-state index < -0.39 is 104 Å². The maximum Gasteiger partial charge on any atom is 0.330 e. The van der Waals surface area contributed by atoms with Crippen LogP contribution in [0, 0.1) is 5.92 Å². The van der Waals surface area contributed by atoms with E-state index in [1.54, 1.807) is 36.5 Å². The molecule has 2 aliphatic heterocycles. The van der Waals surface area contributed by atoms with Crippen molar-refractivity contribution in [3.63, 3.8) is 0 Å². The normalized spacial score (nSPS) is 39.5. The third kappa shape index (κ3) is 15.5. The van der Waals surface area contributed by atoms with E-state index in [2.05, 4.69) is 0 Å². The van der Waals surface area contributed by atoms with Crippen molar-refractivity contribution >= 4 is 17.7 Å². The highest BCUT2D eigenvalue weighted by molar-refractivity contribution is 5.82. The van der Waals surface area contributed by atoms with Crippen molar-refractivity contribution < 1.29 is 64.3 Å². The minimum Gasteiger partial charge on any atom is -0.481 e. The van der Waals surface area contributed by atoms with E-state index in [0.717, 1.165) is 12.8 Å². The molecule has 2 aliphatic rings. The fraction of sp³-hybridized carbons (Fsp3) is 0.639. The summed E-state index contributed by atoms with van der Waals surface area (Å²) < 4.78 is 17.0. The molecule has 9 N–H and O–H groups in total. The number of rotatable bonds is 6. The average molecular weight is 710 g/mol. The molecule has 1 fully saturated rings. The number of aliphatic hydroxyl groups excluding tert-OH is 6. The number of carbonyl (C=O) groups excluding carboxylic acids is 2. The molecule has 0 amide bonds. The lowest BCUT2D eigenvalue weighted by Gasteiger charge is -2.41. The van der Waals surface area contributed by atoms with Gasteiger partial charge in [0, 0.05) is 31.8 Å². The largest absolute Gasteiger partial charge is 0.481 e. The molecular weight excluding hydrogens is 654 g/mol. The molecule has 7 unspecified atom stereocenters. The predicted octanol–water partition coefficient (Wildman–Crippen LogP) is 1.12. The number of cyclic esters (lactones) is 1. The number of allylic oxidation sites excluding steroid dienone is 6. The summed E-state index contributed by atoms with van der Waals surface area (Å²) in [6.07, 6.45) is 5.03. The summed E-state index contributed by atoms with van der Waals surface area (Å²) in [6, 6.07) is -1.11. The highest BCUT2D eigenvalue weighted by Gasteiger charge is 2.43. The van der Waals surface area contributed by atoms with Gasteiger partial charge in [-0.1, -0.05) is 74.4 Å². The van der Waals surface area contributed by atoms with E-state index in [9.17, 15) is 50.1 Å². The van der Waals surface area contributed by atoms with Gasteiger partial charge in [-0.05, 0) is 26.2 Å². The summed E-state index contributed by atoms with van der Waals surface area (Å²) >= 11 is 0. The van der Waals surface area contributed by atoms with Crippen molar-refractivity contribution in [3.8, 4) is 0 Å². The number of ether oxygens (including phenoxy) is 3. The van der Waals surface area contributed by atoms with E-state index in [0.29, 0.717) is 12.8 Å². The van der Waals surface area contributed by atoms with Crippen LogP contribution in [0.3, 0.4) is 0 Å². The fourth-order valence-electron chi connectivity index (χ4n) is 5.64. The number of carbonyl (C=O) groups is 3. The Morgan fingerprint density at radius 3 is 2.24 bits per heavy atom. The molecule has 0 spiro atoms. The van der Waals surface area contributed by atoms with Gasteiger partial charge in [-0.3, -0.25) is 9.59 Å². The van der Waals surface area contributed by atoms with Crippen LogP contribution in [-0.2, 0) is 28.6 Å². The van der Waals surface area contributed by atoms with E-state index in [1.165, 1.54) is 25.2 Å². The first kappa shape index (κ1) is 43.1. The molecule has 50 heavy (non-hydrogen) atoms. The zero-order valence-corrected chi connectivity index (χ0v) is 28.7. The van der Waals surface area contributed by atoms with Gasteiger partial charge in [0.05, 0.1) is 48.8 Å². The Labute approximate surface area is 293 Å². The number of carboxylic acid groups (broad SMARTS) is 1. The van der Waals surface area contributed by atoms with Gasteiger partial charge in [-0.25, -0.2) is 4.79 Å². The van der Waals surface area contributed by atoms with Crippen molar-refractivity contribution in [2.75, 3.05) is 0 Å². The lowest BCUT2D eigenvalue weighted by molar-refractivity contribution is -0.277. The van der Waals surface area contributed by atoms with Crippen LogP contribution in [0.15, 0.2) is 60.8 Å². The Kier molecular flexibility index (Phi) is 19.6. The van der Waals surface area contributed by atoms with Crippen LogP contribution in [0.25, 0.3) is 0 Å². The van der Waals surface area contributed by atoms with Gasteiger partial charge in [-0.15, -0.1) is 0 Å². The molecule has 1 saturated heterocycles. The number of hydrogen-bond donors (Lipinski definition) is 8. The molecule has 0 aromatic carbocycles. The molecule has 12 atom stereocenters. The molecule has 0 bridgehead atoms. The second-order valence-electron chi connectivity index (χ2n) is 12.8. The zero-order valence-electron chi connectivity index (χ0n) is 28.7. The molecule has 14 heteroatoms. The van der Waals surface area contributed by atoms with Crippen LogP contribution >= 0.6 is 0 Å². The molecule has 0 aromatic heterocycles. The Morgan fingerprint density at radius 1 is 0.880 bits per heavy atom. The van der Waals surface area contributed by atoms with Crippen molar-refractivity contribution in [1.82, 2.24) is 0 Å². The number of carboxylic acids is 1. The molecule has 2 rings (SSSR count). The lowest BCUT2D eigenvalue weighted by Crippen LogP contribution is -2.61. The van der Waals surface area contributed by atoms with Crippen LogP contribution in [0.4, 0.5) is 0 Å². The topological polar surface area (TPSA) is 247 Å². The van der Waals surface area contributed by atoms with Crippen LogP contribution in [0.5, 0.6) is 0 Å². The minimum absolute atomic E-state index is 0.000136. The number of hydrogen-bond acceptors (Lipinski definition) is 13. The van der Waals surface area contributed by atoms with Crippen LogP contribution in [0.2, 0.25) is 0 Å². The molecule has 2 heterocycles. The predicted molar refractivity (Wildman–Crippen MR) is 182 cm³/mol. The van der Waals surface area contributed by atoms with Gasteiger partial charge in [0.2, 0.25) is 0 Å². The highest BCUT2D eigenvalue weighted by atomic mass is 16.7. The van der Waals surface area contributed by atoms with Crippen molar-refractivity contribution in [1.29, 1.82) is 0 Å². The number of Topliss-reactive ketones (excluding diaryl/α,β-unsaturated/α-hetero) is 1. The maximum absolute atomic E-state index is 12.7. The van der Waals surface area contributed by atoms with Crippen molar-refractivity contribution in [2.45, 2.75) is 139 Å². The summed E-state index contributed by atoms with van der Waals surface area (Å²) in [5.74, 6) is -4.69. The number of esters is 1. The average Bonchev–Trinajstić information content (AvgIpc) is 3.03. The summed E-state index contributed by atoms with van der Waals surface area (Å²) in [5.41, 5.74) is 5.92. The highest BCUT2D eigenvalue weighted by Crippen LogP contribution is 2.26. The molecule has 14 nitrogen and oxygen atoms in total. The Hall–Kier alpha value is -3.05. The third-order valence-electron chi connectivity index (χ3n) is 8.48. The summed E-state index contributed by atoms with van der Waals surface area (Å²) in [4.78, 5) is 37.2. The molecule has 0 aliphatic carbocycles. The fourth-order valence-corrected chi connectivity index (χ4v) is 5.64. The van der Waals surface area contributed by atoms with E-state index in [-0.39, 0.29) is 18.9 Å². The molecular formula is C36H55NO13. The molecule has 282 valence electrons. The summed E-state index contributed by atoms with van der Waals surface area (Å²) in [7, 11) is 0. The Bertz CT molecular complexity index is 1200. The minimum atomic E-state index is -1.84. The van der Waals surface area contributed by atoms with Gasteiger partial charge in [0.25, 0.3) is 0 Å². The van der Waals surface area contributed by atoms with E-state index in [4.69, 9.17) is 19.9 Å². The van der Waals surface area contributed by atoms with Gasteiger partial charge in [-0.2, -0.15) is 0 Å². The van der Waals surface area contributed by atoms with E-state index >= 15 is 0 Å². The van der Waals surface area contributed by atoms with Crippen LogP contribution < -0.4 is 5.73 Å². The number of aliphatic carboxylic acids is 1. The second kappa shape index (κ2) is 22.7. The van der Waals surface area contributed by atoms with Crippen LogP contribution in [-0.4, -0.2) is 121 Å². The van der Waals surface area contributed by atoms with Crippen molar-refractivity contribution in [2.24, 2.45) is 11.7 Å². The zero-order chi connectivity index (χ0) is 37.2. The molecule has 0 saturated carbocycles. The lowest BCUT2D eigenvalue weighted by atomic mass is 9.88. The third-order valence-corrected chi connectivity index (χ3v) is 8.48. The first-order valence-electron chi connectivity index (χ1n) is 17.2. The molecule has 0 radical (unpaired) electrons. The van der Waals surface area contributed by atoms with Gasteiger partial charge >= 0.3 is 11.9 Å². The Morgan fingerprint density at radius 2 is 1.56 bits per heavy atom. The SMILES string of the molecule is CCCCC1C/C=C/C=C/C=C/C=C/C(O[C@@H]2O[C@H](C)[C@@H](O)[C@H](N)[C@@H]2O)CC(O)C(C(=O)O)C(O)CC(=O)CC(O)CC(O)C/C=C/C(=O)O1. The quantitative estimate of drug-likeness (QED) is 0.180. The monoisotopic (exact) mass is 709 g/mol. The second-order valence-corrected chi connectivity index (χ2v) is 12.8. The van der Waals surface area contributed by atoms with Gasteiger partial charge < -0.3 is 55.7 Å². The van der Waals surface area contributed by atoms with E-state index in [1.807, 2.05) is 13.0 Å². The maximum atomic E-state index is 12.7. The number of aliphatic hydroxyl groups is 6. The first-order chi connectivity index (χ1) is 23.7. The summed E-state index contributed by atoms with van der Waals surface area (Å²) in [6.45, 7) is 3.57. The first-order valence-corrected chi connectivity index (χ1v) is 17.2. The van der Waals surface area contributed by atoms with Gasteiger partial charge in [0.15, 0.2) is 6.29 Å². The number of unbranched alkanes of at least 4 members (excludes halogenated alkanes) is 1. The number of nitrogens with two attached hydrogens (primary N) is 1. The van der Waals surface area contributed by atoms with Crippen LogP contribution in [0.1, 0.15) is 71.6 Å². The van der Waals surface area contributed by atoms with Crippen molar-refractivity contribution in [3.05, 3.63) is 60.8 Å². The van der Waals surface area contributed by atoms with Gasteiger partial charge in [0.1, 0.15) is 23.9 Å². The number of ketones is 1. The smallest absolute Gasteiger partial charge is 0.330 e. The molecule has 0 aromatic rings.